The molecule has 0 atom stereocenters. The van der Waals surface area contributed by atoms with Gasteiger partial charge in [0.1, 0.15) is 5.69 Å². The average molecular weight is 337 g/mol. The lowest BCUT2D eigenvalue weighted by Crippen LogP contribution is -2.24. The van der Waals surface area contributed by atoms with E-state index >= 15 is 0 Å². The van der Waals surface area contributed by atoms with Crippen LogP contribution in [-0.4, -0.2) is 22.4 Å². The van der Waals surface area contributed by atoms with Gasteiger partial charge in [0.05, 0.1) is 15.7 Å². The van der Waals surface area contributed by atoms with Gasteiger partial charge < -0.3 is 10.6 Å². The molecule has 0 aliphatic heterocycles. The smallest absolute Gasteiger partial charge is 0.270 e. The van der Waals surface area contributed by atoms with E-state index in [0.717, 1.165) is 0 Å². The summed E-state index contributed by atoms with van der Waals surface area (Å²) in [4.78, 5) is 20.4. The second-order valence-electron chi connectivity index (χ2n) is 4.44. The second-order valence-corrected chi connectivity index (χ2v) is 5.23. The maximum atomic E-state index is 12.0. The zero-order chi connectivity index (χ0) is 16.1. The number of carbonyl (C=O) groups is 1. The molecule has 0 bridgehead atoms. The Morgan fingerprint density at radius 1 is 1.36 bits per heavy atom. The van der Waals surface area contributed by atoms with Crippen LogP contribution in [0.5, 0.6) is 0 Å². The normalized spacial score (nSPS) is 10.1. The van der Waals surface area contributed by atoms with Gasteiger partial charge in [0.25, 0.3) is 5.91 Å². The summed E-state index contributed by atoms with van der Waals surface area (Å²) in [5, 5.41) is 6.42. The van der Waals surface area contributed by atoms with E-state index in [-0.39, 0.29) is 17.5 Å². The van der Waals surface area contributed by atoms with Gasteiger partial charge in [0, 0.05) is 12.2 Å². The summed E-state index contributed by atoms with van der Waals surface area (Å²) >= 11 is 12.1. The first-order valence-electron chi connectivity index (χ1n) is 6.47. The minimum absolute atomic E-state index is 0.259. The Morgan fingerprint density at radius 2 is 2.14 bits per heavy atom. The van der Waals surface area contributed by atoms with E-state index in [0.29, 0.717) is 28.0 Å². The first-order valence-corrected chi connectivity index (χ1v) is 7.22. The monoisotopic (exact) mass is 336 g/mol. The number of aryl methyl sites for hydroxylation is 1. The van der Waals surface area contributed by atoms with Crippen molar-refractivity contribution in [3.63, 3.8) is 0 Å². The minimum Gasteiger partial charge on any atom is -0.347 e. The van der Waals surface area contributed by atoms with Crippen LogP contribution in [0.2, 0.25) is 10.0 Å². The molecular weight excluding hydrogens is 323 g/mol. The molecule has 22 heavy (non-hydrogen) atoms. The van der Waals surface area contributed by atoms with Crippen molar-refractivity contribution in [3.8, 4) is 0 Å². The van der Waals surface area contributed by atoms with E-state index in [1.54, 1.807) is 37.3 Å². The number of halogens is 2. The average Bonchev–Trinajstić information content (AvgIpc) is 2.49. The Balaban J connectivity index is 2.28. The first-order chi connectivity index (χ1) is 10.5. The molecule has 1 aromatic heterocycles. The van der Waals surface area contributed by atoms with Crippen LogP contribution >= 0.6 is 23.2 Å². The SMILES string of the molecule is C=CCNC(=O)c1cc(C)nc(Nc2cccc(Cl)c2Cl)n1. The van der Waals surface area contributed by atoms with Crippen LogP contribution in [0.3, 0.4) is 0 Å². The molecule has 1 heterocycles. The molecule has 0 saturated heterocycles. The molecule has 2 rings (SSSR count). The lowest BCUT2D eigenvalue weighted by Gasteiger charge is -2.10. The third-order valence-corrected chi connectivity index (χ3v) is 3.51. The van der Waals surface area contributed by atoms with Gasteiger partial charge in [-0.15, -0.1) is 6.58 Å². The summed E-state index contributed by atoms with van der Waals surface area (Å²) in [7, 11) is 0. The van der Waals surface area contributed by atoms with Crippen LogP contribution in [0, 0.1) is 6.92 Å². The van der Waals surface area contributed by atoms with Crippen molar-refractivity contribution in [2.24, 2.45) is 0 Å². The van der Waals surface area contributed by atoms with Gasteiger partial charge in [-0.1, -0.05) is 35.3 Å². The Morgan fingerprint density at radius 3 is 2.86 bits per heavy atom. The van der Waals surface area contributed by atoms with Gasteiger partial charge >= 0.3 is 0 Å². The van der Waals surface area contributed by atoms with Gasteiger partial charge in [-0.25, -0.2) is 9.97 Å². The number of rotatable bonds is 5. The number of hydrogen-bond acceptors (Lipinski definition) is 4. The molecule has 1 amide bonds. The number of aromatic nitrogens is 2. The van der Waals surface area contributed by atoms with Gasteiger partial charge in [0.2, 0.25) is 5.95 Å². The van der Waals surface area contributed by atoms with Gasteiger partial charge in [-0.05, 0) is 25.1 Å². The van der Waals surface area contributed by atoms with Crippen molar-refractivity contribution in [3.05, 3.63) is 58.4 Å². The standard InChI is InChI=1S/C15H14Cl2N4O/c1-3-7-18-14(22)12-8-9(2)19-15(21-12)20-11-6-4-5-10(16)13(11)17/h3-6,8H,1,7H2,2H3,(H,18,22)(H,19,20,21). The maximum Gasteiger partial charge on any atom is 0.270 e. The number of hydrogen-bond donors (Lipinski definition) is 2. The zero-order valence-corrected chi connectivity index (χ0v) is 13.4. The molecule has 2 N–H and O–H groups in total. The van der Waals surface area contributed by atoms with Crippen LogP contribution in [0.15, 0.2) is 36.9 Å². The van der Waals surface area contributed by atoms with E-state index in [1.165, 1.54) is 0 Å². The fourth-order valence-corrected chi connectivity index (χ4v) is 2.06. The molecule has 0 aliphatic carbocycles. The van der Waals surface area contributed by atoms with Gasteiger partial charge in [-0.3, -0.25) is 4.79 Å². The summed E-state index contributed by atoms with van der Waals surface area (Å²) < 4.78 is 0. The van der Waals surface area contributed by atoms with Crippen LogP contribution in [0.25, 0.3) is 0 Å². The molecule has 0 aliphatic rings. The first kappa shape index (κ1) is 16.3. The van der Waals surface area contributed by atoms with E-state index in [4.69, 9.17) is 23.2 Å². The summed E-state index contributed by atoms with van der Waals surface area (Å²) in [6, 6.07) is 6.78. The predicted molar refractivity (Wildman–Crippen MR) is 89.0 cm³/mol. The number of nitrogens with one attached hydrogen (secondary N) is 2. The molecule has 0 spiro atoms. The highest BCUT2D eigenvalue weighted by atomic mass is 35.5. The van der Waals surface area contributed by atoms with Crippen molar-refractivity contribution in [2.45, 2.75) is 6.92 Å². The Kier molecular flexibility index (Phi) is 5.35. The summed E-state index contributed by atoms with van der Waals surface area (Å²) in [6.45, 7) is 5.69. The third kappa shape index (κ3) is 3.96. The summed E-state index contributed by atoms with van der Waals surface area (Å²) in [6.07, 6.45) is 1.59. The number of carbonyl (C=O) groups excluding carboxylic acids is 1. The van der Waals surface area contributed by atoms with Crippen molar-refractivity contribution < 1.29 is 4.79 Å². The molecule has 0 saturated carbocycles. The predicted octanol–water partition coefficient (Wildman–Crippen LogP) is 3.75. The fraction of sp³-hybridized carbons (Fsp3) is 0.133. The highest BCUT2D eigenvalue weighted by Gasteiger charge is 2.11. The van der Waals surface area contributed by atoms with E-state index in [9.17, 15) is 4.79 Å². The largest absolute Gasteiger partial charge is 0.347 e. The van der Waals surface area contributed by atoms with Gasteiger partial charge in [-0.2, -0.15) is 0 Å². The highest BCUT2D eigenvalue weighted by Crippen LogP contribution is 2.30. The van der Waals surface area contributed by atoms with Crippen molar-refractivity contribution in [1.29, 1.82) is 0 Å². The van der Waals surface area contributed by atoms with Crippen LogP contribution in [-0.2, 0) is 0 Å². The number of nitrogens with zero attached hydrogens (tertiary/aromatic N) is 2. The quantitative estimate of drug-likeness (QED) is 0.816. The Bertz CT molecular complexity index is 719. The number of anilines is 2. The topological polar surface area (TPSA) is 66.9 Å². The molecule has 114 valence electrons. The summed E-state index contributed by atoms with van der Waals surface area (Å²) in [5.74, 6) is -0.0291. The van der Waals surface area contributed by atoms with Crippen LogP contribution < -0.4 is 10.6 Å². The second kappa shape index (κ2) is 7.24. The molecule has 0 unspecified atom stereocenters. The highest BCUT2D eigenvalue weighted by molar-refractivity contribution is 6.43. The molecule has 1 aromatic carbocycles. The molecule has 7 heteroatoms. The summed E-state index contributed by atoms with van der Waals surface area (Å²) in [5.41, 5.74) is 1.48. The lowest BCUT2D eigenvalue weighted by atomic mass is 10.3. The number of amides is 1. The minimum atomic E-state index is -0.300. The maximum absolute atomic E-state index is 12.0. The van der Waals surface area contributed by atoms with E-state index < -0.39 is 0 Å². The third-order valence-electron chi connectivity index (χ3n) is 2.69. The number of benzene rings is 1. The van der Waals surface area contributed by atoms with E-state index in [2.05, 4.69) is 27.2 Å². The molecule has 0 radical (unpaired) electrons. The van der Waals surface area contributed by atoms with Gasteiger partial charge in [0.15, 0.2) is 0 Å². The van der Waals surface area contributed by atoms with Crippen LogP contribution in [0.1, 0.15) is 16.2 Å². The lowest BCUT2D eigenvalue weighted by molar-refractivity contribution is 0.0953. The van der Waals surface area contributed by atoms with Crippen LogP contribution in [0.4, 0.5) is 11.6 Å². The molecular formula is C15H14Cl2N4O. The molecule has 5 nitrogen and oxygen atoms in total. The van der Waals surface area contributed by atoms with Crippen molar-refractivity contribution in [2.75, 3.05) is 11.9 Å². The molecule has 2 aromatic rings. The fourth-order valence-electron chi connectivity index (χ4n) is 1.72. The van der Waals surface area contributed by atoms with Crippen molar-refractivity contribution >= 4 is 40.7 Å². The Hall–Kier alpha value is -2.11. The van der Waals surface area contributed by atoms with Crippen molar-refractivity contribution in [1.82, 2.24) is 15.3 Å². The molecule has 0 fully saturated rings. The Labute approximate surface area is 138 Å². The van der Waals surface area contributed by atoms with E-state index in [1.807, 2.05) is 0 Å². The zero-order valence-electron chi connectivity index (χ0n) is 11.9.